The van der Waals surface area contributed by atoms with Crippen molar-refractivity contribution in [3.05, 3.63) is 65.7 Å². The predicted molar refractivity (Wildman–Crippen MR) is 106 cm³/mol. The summed E-state index contributed by atoms with van der Waals surface area (Å²) < 4.78 is 0. The van der Waals surface area contributed by atoms with Crippen LogP contribution in [0.3, 0.4) is 0 Å². The van der Waals surface area contributed by atoms with Crippen molar-refractivity contribution in [2.24, 2.45) is 0 Å². The number of hydrogen-bond donors (Lipinski definition) is 1. The topological polar surface area (TPSA) is 35.6 Å². The van der Waals surface area contributed by atoms with Crippen LogP contribution in [-0.2, 0) is 6.54 Å². The van der Waals surface area contributed by atoms with Crippen LogP contribution in [0.2, 0.25) is 0 Å². The summed E-state index contributed by atoms with van der Waals surface area (Å²) in [5, 5.41) is 3.03. The Kier molecular flexibility index (Phi) is 7.34. The van der Waals surface area contributed by atoms with Gasteiger partial charge in [-0.2, -0.15) is 0 Å². The Morgan fingerprint density at radius 1 is 1.08 bits per heavy atom. The van der Waals surface area contributed by atoms with Crippen molar-refractivity contribution >= 4 is 17.8 Å². The normalized spacial score (nSPS) is 12.0. The first-order chi connectivity index (χ1) is 12.0. The smallest absolute Gasteiger partial charge is 0.317 e. The molecule has 2 aromatic rings. The van der Waals surface area contributed by atoms with Gasteiger partial charge < -0.3 is 15.1 Å². The Morgan fingerprint density at radius 2 is 1.80 bits per heavy atom. The van der Waals surface area contributed by atoms with Crippen molar-refractivity contribution in [1.29, 1.82) is 0 Å². The molecule has 1 unspecified atom stereocenters. The molecule has 0 fully saturated rings. The SMILES string of the molecule is CSc1cccc(CNC(=O)N(C)C(CN(C)C)c2ccccc2)c1. The summed E-state index contributed by atoms with van der Waals surface area (Å²) in [5.41, 5.74) is 2.25. The molecule has 2 rings (SSSR count). The molecule has 0 heterocycles. The molecule has 0 aliphatic rings. The van der Waals surface area contributed by atoms with Crippen molar-refractivity contribution < 1.29 is 4.79 Å². The van der Waals surface area contributed by atoms with Gasteiger partial charge in [0.25, 0.3) is 0 Å². The summed E-state index contributed by atoms with van der Waals surface area (Å²) in [6.07, 6.45) is 2.05. The lowest BCUT2D eigenvalue weighted by Gasteiger charge is -2.31. The number of urea groups is 1. The van der Waals surface area contributed by atoms with E-state index in [1.807, 2.05) is 51.5 Å². The summed E-state index contributed by atoms with van der Waals surface area (Å²) >= 11 is 1.70. The van der Waals surface area contributed by atoms with E-state index < -0.39 is 0 Å². The Balaban J connectivity index is 2.04. The molecule has 25 heavy (non-hydrogen) atoms. The zero-order valence-electron chi connectivity index (χ0n) is 15.4. The van der Waals surface area contributed by atoms with Gasteiger partial charge in [0.15, 0.2) is 0 Å². The van der Waals surface area contributed by atoms with Crippen LogP contribution in [0.1, 0.15) is 17.2 Å². The highest BCUT2D eigenvalue weighted by Gasteiger charge is 2.22. The third-order valence-electron chi connectivity index (χ3n) is 4.09. The van der Waals surface area contributed by atoms with Crippen LogP contribution < -0.4 is 5.32 Å². The van der Waals surface area contributed by atoms with Gasteiger partial charge in [-0.15, -0.1) is 11.8 Å². The summed E-state index contributed by atoms with van der Waals surface area (Å²) in [4.78, 5) is 17.7. The minimum Gasteiger partial charge on any atom is -0.334 e. The van der Waals surface area contributed by atoms with E-state index in [2.05, 4.69) is 40.7 Å². The maximum Gasteiger partial charge on any atom is 0.317 e. The highest BCUT2D eigenvalue weighted by molar-refractivity contribution is 7.98. The molecule has 2 aromatic carbocycles. The van der Waals surface area contributed by atoms with E-state index in [0.717, 1.165) is 17.7 Å². The Hall–Kier alpha value is -1.98. The number of carbonyl (C=O) groups is 1. The van der Waals surface area contributed by atoms with Crippen LogP contribution in [0.4, 0.5) is 4.79 Å². The van der Waals surface area contributed by atoms with Crippen molar-refractivity contribution in [3.8, 4) is 0 Å². The molecule has 0 aromatic heterocycles. The first-order valence-corrected chi connectivity index (χ1v) is 9.57. The first-order valence-electron chi connectivity index (χ1n) is 8.34. The second-order valence-electron chi connectivity index (χ2n) is 6.31. The lowest BCUT2D eigenvalue weighted by molar-refractivity contribution is 0.176. The predicted octanol–water partition coefficient (Wildman–Crippen LogP) is 3.85. The first kappa shape index (κ1) is 19.3. The summed E-state index contributed by atoms with van der Waals surface area (Å²) in [7, 11) is 5.90. The van der Waals surface area contributed by atoms with Gasteiger partial charge in [0.05, 0.1) is 6.04 Å². The number of carbonyl (C=O) groups excluding carboxylic acids is 1. The van der Waals surface area contributed by atoms with Crippen LogP contribution in [0.15, 0.2) is 59.5 Å². The van der Waals surface area contributed by atoms with E-state index in [1.54, 1.807) is 16.7 Å². The molecular formula is C20H27N3OS. The van der Waals surface area contributed by atoms with E-state index >= 15 is 0 Å². The second kappa shape index (κ2) is 9.49. The second-order valence-corrected chi connectivity index (χ2v) is 7.19. The van der Waals surface area contributed by atoms with Crippen LogP contribution >= 0.6 is 11.8 Å². The molecule has 0 radical (unpaired) electrons. The fourth-order valence-corrected chi connectivity index (χ4v) is 3.18. The highest BCUT2D eigenvalue weighted by atomic mass is 32.2. The number of amides is 2. The Labute approximate surface area is 155 Å². The number of hydrogen-bond acceptors (Lipinski definition) is 3. The highest BCUT2D eigenvalue weighted by Crippen LogP contribution is 2.20. The average molecular weight is 358 g/mol. The molecule has 4 nitrogen and oxygen atoms in total. The van der Waals surface area contributed by atoms with Gasteiger partial charge in [0, 0.05) is 25.0 Å². The van der Waals surface area contributed by atoms with Crippen LogP contribution in [0.5, 0.6) is 0 Å². The fourth-order valence-electron chi connectivity index (χ4n) is 2.70. The van der Waals surface area contributed by atoms with Gasteiger partial charge in [0.2, 0.25) is 0 Å². The molecule has 0 aliphatic heterocycles. The minimum absolute atomic E-state index is 0.00808. The molecule has 1 atom stereocenters. The maximum absolute atomic E-state index is 12.7. The zero-order valence-corrected chi connectivity index (χ0v) is 16.2. The van der Waals surface area contributed by atoms with Crippen molar-refractivity contribution in [1.82, 2.24) is 15.1 Å². The third kappa shape index (κ3) is 5.80. The average Bonchev–Trinajstić information content (AvgIpc) is 2.64. The molecule has 0 spiro atoms. The van der Waals surface area contributed by atoms with Crippen molar-refractivity contribution in [2.45, 2.75) is 17.5 Å². The van der Waals surface area contributed by atoms with Gasteiger partial charge in [0.1, 0.15) is 0 Å². The summed E-state index contributed by atoms with van der Waals surface area (Å²) in [6, 6.07) is 18.3. The Bertz CT molecular complexity index is 676. The molecule has 134 valence electrons. The van der Waals surface area contributed by atoms with E-state index in [0.29, 0.717) is 6.54 Å². The zero-order chi connectivity index (χ0) is 18.2. The van der Waals surface area contributed by atoms with Gasteiger partial charge in [-0.25, -0.2) is 4.79 Å². The number of benzene rings is 2. The van der Waals surface area contributed by atoms with E-state index in [4.69, 9.17) is 0 Å². The van der Waals surface area contributed by atoms with Crippen molar-refractivity contribution in [3.63, 3.8) is 0 Å². The molecule has 5 heteroatoms. The van der Waals surface area contributed by atoms with Crippen molar-refractivity contribution in [2.75, 3.05) is 33.9 Å². The molecule has 0 saturated heterocycles. The molecule has 0 bridgehead atoms. The molecule has 0 saturated carbocycles. The van der Waals surface area contributed by atoms with Gasteiger partial charge in [-0.3, -0.25) is 0 Å². The van der Waals surface area contributed by atoms with Gasteiger partial charge in [-0.05, 0) is 43.6 Å². The van der Waals surface area contributed by atoms with Crippen LogP contribution in [0, 0.1) is 0 Å². The maximum atomic E-state index is 12.7. The summed E-state index contributed by atoms with van der Waals surface area (Å²) in [5.74, 6) is 0. The van der Waals surface area contributed by atoms with E-state index in [1.165, 1.54) is 4.90 Å². The van der Waals surface area contributed by atoms with E-state index in [-0.39, 0.29) is 12.1 Å². The number of nitrogens with one attached hydrogen (secondary N) is 1. The largest absolute Gasteiger partial charge is 0.334 e. The van der Waals surface area contributed by atoms with Crippen LogP contribution in [-0.4, -0.2) is 49.8 Å². The Morgan fingerprint density at radius 3 is 2.44 bits per heavy atom. The lowest BCUT2D eigenvalue weighted by Crippen LogP contribution is -2.42. The van der Waals surface area contributed by atoms with Gasteiger partial charge in [-0.1, -0.05) is 42.5 Å². The minimum atomic E-state index is -0.0646. The quantitative estimate of drug-likeness (QED) is 0.765. The number of likely N-dealkylation sites (N-methyl/N-ethyl adjacent to an activating group) is 2. The standard InChI is InChI=1S/C20H27N3OS/c1-22(2)15-19(17-10-6-5-7-11-17)23(3)20(24)21-14-16-9-8-12-18(13-16)25-4/h5-13,19H,14-15H2,1-4H3,(H,21,24). The molecular weight excluding hydrogens is 330 g/mol. The monoisotopic (exact) mass is 357 g/mol. The number of rotatable bonds is 7. The van der Waals surface area contributed by atoms with Gasteiger partial charge >= 0.3 is 6.03 Å². The fraction of sp³-hybridized carbons (Fsp3) is 0.350. The van der Waals surface area contributed by atoms with E-state index in [9.17, 15) is 4.79 Å². The third-order valence-corrected chi connectivity index (χ3v) is 4.81. The summed E-state index contributed by atoms with van der Waals surface area (Å²) in [6.45, 7) is 1.30. The molecule has 0 aliphatic carbocycles. The number of thioether (sulfide) groups is 1. The molecule has 2 amide bonds. The number of nitrogens with zero attached hydrogens (tertiary/aromatic N) is 2. The molecule has 1 N–H and O–H groups in total. The van der Waals surface area contributed by atoms with Crippen LogP contribution in [0.25, 0.3) is 0 Å². The lowest BCUT2D eigenvalue weighted by atomic mass is 10.1.